The van der Waals surface area contributed by atoms with Crippen LogP contribution in [0.2, 0.25) is 0 Å². The quantitative estimate of drug-likeness (QED) is 0.599. The summed E-state index contributed by atoms with van der Waals surface area (Å²) in [5.74, 6) is -0.551. The van der Waals surface area contributed by atoms with Crippen LogP contribution in [-0.2, 0) is 9.59 Å². The number of hydrogen-bond donors (Lipinski definition) is 3. The van der Waals surface area contributed by atoms with E-state index in [4.69, 9.17) is 5.73 Å². The maximum atomic E-state index is 11.5. The molecule has 1 unspecified atom stereocenters. The molecule has 0 aliphatic heterocycles. The second-order valence-corrected chi connectivity index (χ2v) is 4.66. The highest BCUT2D eigenvalue weighted by atomic mass is 16.2. The number of amides is 2. The highest BCUT2D eigenvalue weighted by Crippen LogP contribution is 2.18. The molecular weight excluding hydrogens is 218 g/mol. The molecule has 2 amide bonds. The number of nitrogens with one attached hydrogen (secondary N) is 2. The Bertz CT molecular complexity index is 262. The van der Waals surface area contributed by atoms with Crippen LogP contribution in [0.3, 0.4) is 0 Å². The Balaban J connectivity index is 2.36. The van der Waals surface area contributed by atoms with Gasteiger partial charge >= 0.3 is 0 Å². The number of rotatable bonds is 7. The summed E-state index contributed by atoms with van der Waals surface area (Å²) in [5.41, 5.74) is 5.31. The molecule has 0 bridgehead atoms. The van der Waals surface area contributed by atoms with Crippen molar-refractivity contribution < 1.29 is 9.59 Å². The summed E-state index contributed by atoms with van der Waals surface area (Å²) in [7, 11) is 0. The molecule has 1 fully saturated rings. The predicted molar refractivity (Wildman–Crippen MR) is 66.3 cm³/mol. The van der Waals surface area contributed by atoms with E-state index in [2.05, 4.69) is 10.6 Å². The second-order valence-electron chi connectivity index (χ2n) is 4.66. The molecule has 4 N–H and O–H groups in total. The zero-order valence-electron chi connectivity index (χ0n) is 10.5. The molecule has 0 aromatic carbocycles. The van der Waals surface area contributed by atoms with Crippen molar-refractivity contribution >= 4 is 11.8 Å². The molecule has 5 heteroatoms. The molecule has 0 saturated heterocycles. The van der Waals surface area contributed by atoms with Crippen molar-refractivity contribution in [3.8, 4) is 0 Å². The van der Waals surface area contributed by atoms with Gasteiger partial charge in [0, 0.05) is 12.6 Å². The zero-order valence-corrected chi connectivity index (χ0v) is 10.5. The summed E-state index contributed by atoms with van der Waals surface area (Å²) in [6.07, 6.45) is 5.55. The van der Waals surface area contributed by atoms with Crippen LogP contribution in [0.5, 0.6) is 0 Å². The van der Waals surface area contributed by atoms with Gasteiger partial charge in [0.05, 0.1) is 12.5 Å². The van der Waals surface area contributed by atoms with Gasteiger partial charge in [-0.15, -0.1) is 0 Å². The Morgan fingerprint density at radius 1 is 1.35 bits per heavy atom. The fraction of sp³-hybridized carbons (Fsp3) is 0.833. The van der Waals surface area contributed by atoms with Crippen LogP contribution in [0.25, 0.3) is 0 Å². The van der Waals surface area contributed by atoms with E-state index >= 15 is 0 Å². The van der Waals surface area contributed by atoms with E-state index in [-0.39, 0.29) is 12.3 Å². The highest BCUT2D eigenvalue weighted by molar-refractivity contribution is 5.87. The molecule has 1 saturated carbocycles. The van der Waals surface area contributed by atoms with Crippen LogP contribution in [-0.4, -0.2) is 30.4 Å². The SMILES string of the molecule is CCCNC(=O)CC(NC1CCCC1)C(N)=O. The molecule has 1 rings (SSSR count). The molecule has 98 valence electrons. The van der Waals surface area contributed by atoms with Crippen molar-refractivity contribution in [1.29, 1.82) is 0 Å². The minimum absolute atomic E-state index is 0.110. The first-order chi connectivity index (χ1) is 8.13. The Morgan fingerprint density at radius 3 is 2.53 bits per heavy atom. The van der Waals surface area contributed by atoms with E-state index in [9.17, 15) is 9.59 Å². The predicted octanol–water partition coefficient (Wildman–Crippen LogP) is 0.289. The van der Waals surface area contributed by atoms with Crippen molar-refractivity contribution in [2.24, 2.45) is 5.73 Å². The van der Waals surface area contributed by atoms with Gasteiger partial charge in [-0.3, -0.25) is 9.59 Å². The lowest BCUT2D eigenvalue weighted by Crippen LogP contribution is -2.48. The number of carbonyl (C=O) groups is 2. The topological polar surface area (TPSA) is 84.2 Å². The maximum absolute atomic E-state index is 11.5. The number of nitrogens with two attached hydrogens (primary N) is 1. The molecule has 1 aliphatic rings. The third-order valence-electron chi connectivity index (χ3n) is 3.10. The van der Waals surface area contributed by atoms with E-state index < -0.39 is 11.9 Å². The minimum atomic E-state index is -0.532. The molecule has 0 radical (unpaired) electrons. The van der Waals surface area contributed by atoms with Gasteiger partial charge in [-0.2, -0.15) is 0 Å². The molecular formula is C12H23N3O2. The van der Waals surface area contributed by atoms with Crippen LogP contribution in [0.4, 0.5) is 0 Å². The molecule has 17 heavy (non-hydrogen) atoms. The smallest absolute Gasteiger partial charge is 0.235 e. The van der Waals surface area contributed by atoms with Crippen molar-refractivity contribution in [2.45, 2.75) is 57.5 Å². The van der Waals surface area contributed by atoms with Gasteiger partial charge in [0.15, 0.2) is 0 Å². The summed E-state index contributed by atoms with van der Waals surface area (Å²) in [6.45, 7) is 2.64. The van der Waals surface area contributed by atoms with Crippen molar-refractivity contribution in [3.63, 3.8) is 0 Å². The lowest BCUT2D eigenvalue weighted by atomic mass is 10.1. The van der Waals surface area contributed by atoms with Crippen molar-refractivity contribution in [1.82, 2.24) is 10.6 Å². The Labute approximate surface area is 103 Å². The molecule has 5 nitrogen and oxygen atoms in total. The lowest BCUT2D eigenvalue weighted by Gasteiger charge is -2.19. The zero-order chi connectivity index (χ0) is 12.7. The molecule has 0 spiro atoms. The van der Waals surface area contributed by atoms with Crippen LogP contribution >= 0.6 is 0 Å². The molecule has 0 aromatic heterocycles. The van der Waals surface area contributed by atoms with E-state index in [1.54, 1.807) is 0 Å². The van der Waals surface area contributed by atoms with Gasteiger partial charge in [0.1, 0.15) is 0 Å². The summed E-state index contributed by atoms with van der Waals surface area (Å²) >= 11 is 0. The monoisotopic (exact) mass is 241 g/mol. The van der Waals surface area contributed by atoms with Gasteiger partial charge in [0.25, 0.3) is 0 Å². The van der Waals surface area contributed by atoms with E-state index in [1.807, 2.05) is 6.92 Å². The molecule has 0 aromatic rings. The van der Waals surface area contributed by atoms with Crippen LogP contribution in [0, 0.1) is 0 Å². The lowest BCUT2D eigenvalue weighted by molar-refractivity contribution is -0.126. The summed E-state index contributed by atoms with van der Waals surface area (Å²) in [4.78, 5) is 22.8. The third kappa shape index (κ3) is 5.17. The summed E-state index contributed by atoms with van der Waals surface area (Å²) in [5, 5.41) is 5.94. The summed E-state index contributed by atoms with van der Waals surface area (Å²) in [6, 6.07) is -0.193. The first kappa shape index (κ1) is 14.0. The van der Waals surface area contributed by atoms with E-state index in [0.29, 0.717) is 12.6 Å². The van der Waals surface area contributed by atoms with Gasteiger partial charge in [-0.05, 0) is 19.3 Å². The summed E-state index contributed by atoms with van der Waals surface area (Å²) < 4.78 is 0. The van der Waals surface area contributed by atoms with Crippen molar-refractivity contribution in [2.75, 3.05) is 6.54 Å². The Hall–Kier alpha value is -1.10. The fourth-order valence-electron chi connectivity index (χ4n) is 2.14. The van der Waals surface area contributed by atoms with Crippen LogP contribution in [0.15, 0.2) is 0 Å². The van der Waals surface area contributed by atoms with Gasteiger partial charge in [0.2, 0.25) is 11.8 Å². The molecule has 0 heterocycles. The van der Waals surface area contributed by atoms with Crippen LogP contribution < -0.4 is 16.4 Å². The number of carbonyl (C=O) groups excluding carboxylic acids is 2. The second kappa shape index (κ2) is 7.27. The van der Waals surface area contributed by atoms with Gasteiger partial charge in [-0.25, -0.2) is 0 Å². The van der Waals surface area contributed by atoms with Crippen LogP contribution in [0.1, 0.15) is 45.4 Å². The average Bonchev–Trinajstić information content (AvgIpc) is 2.78. The average molecular weight is 241 g/mol. The normalized spacial score (nSPS) is 17.9. The maximum Gasteiger partial charge on any atom is 0.235 e. The minimum Gasteiger partial charge on any atom is -0.368 e. The number of primary amides is 1. The van der Waals surface area contributed by atoms with Gasteiger partial charge < -0.3 is 16.4 Å². The highest BCUT2D eigenvalue weighted by Gasteiger charge is 2.24. The van der Waals surface area contributed by atoms with E-state index in [1.165, 1.54) is 12.8 Å². The molecule has 1 atom stereocenters. The van der Waals surface area contributed by atoms with E-state index in [0.717, 1.165) is 19.3 Å². The number of hydrogen-bond acceptors (Lipinski definition) is 3. The first-order valence-corrected chi connectivity index (χ1v) is 6.45. The fourth-order valence-corrected chi connectivity index (χ4v) is 2.14. The largest absolute Gasteiger partial charge is 0.368 e. The first-order valence-electron chi connectivity index (χ1n) is 6.45. The Kier molecular flexibility index (Phi) is 5.97. The standard InChI is InChI=1S/C12H23N3O2/c1-2-7-14-11(16)8-10(12(13)17)15-9-5-3-4-6-9/h9-10,15H,2-8H2,1H3,(H2,13,17)(H,14,16). The third-order valence-corrected chi connectivity index (χ3v) is 3.10. The molecule has 1 aliphatic carbocycles. The van der Waals surface area contributed by atoms with Gasteiger partial charge in [-0.1, -0.05) is 19.8 Å². The van der Waals surface area contributed by atoms with Crippen molar-refractivity contribution in [3.05, 3.63) is 0 Å². The Morgan fingerprint density at radius 2 is 2.00 bits per heavy atom.